The van der Waals surface area contributed by atoms with Crippen molar-refractivity contribution in [3.05, 3.63) is 91.0 Å². The van der Waals surface area contributed by atoms with E-state index >= 15 is 0 Å². The first-order valence-electron chi connectivity index (χ1n) is 8.92. The Hall–Kier alpha value is -1.76. The zero-order valence-corrected chi connectivity index (χ0v) is 17.7. The Morgan fingerprint density at radius 2 is 1.12 bits per heavy atom. The average molecular weight is 423 g/mol. The molecule has 132 valence electrons. The molecule has 1 nitrogen and oxygen atoms in total. The Balaban J connectivity index is 2.10. The van der Waals surface area contributed by atoms with Crippen molar-refractivity contribution >= 4 is 43.5 Å². The number of benzene rings is 3. The van der Waals surface area contributed by atoms with E-state index in [4.69, 9.17) is 0 Å². The van der Waals surface area contributed by atoms with Gasteiger partial charge in [-0.2, -0.15) is 0 Å². The van der Waals surface area contributed by atoms with Crippen molar-refractivity contribution < 1.29 is 4.79 Å². The van der Waals surface area contributed by atoms with Gasteiger partial charge in [0.05, 0.1) is 0 Å². The quantitative estimate of drug-likeness (QED) is 0.425. The third-order valence-corrected chi connectivity index (χ3v) is 14.9. The van der Waals surface area contributed by atoms with E-state index in [1.807, 2.05) is 0 Å². The van der Waals surface area contributed by atoms with E-state index in [-0.39, 0.29) is 5.12 Å². The Bertz CT molecular complexity index is 722. The zero-order valence-electron chi connectivity index (χ0n) is 15.0. The molecule has 0 bridgehead atoms. The summed E-state index contributed by atoms with van der Waals surface area (Å²) in [5.74, 6) is 0.894. The molecular weight excluding hydrogens is 399 g/mol. The number of thioether (sulfide) groups is 1. The first-order chi connectivity index (χ1) is 12.7. The van der Waals surface area contributed by atoms with Crippen LogP contribution in [0, 0.1) is 0 Å². The molecule has 0 aromatic heterocycles. The first kappa shape index (κ1) is 19.0. The second-order valence-corrected chi connectivity index (χ2v) is 15.1. The summed E-state index contributed by atoms with van der Waals surface area (Å²) in [5.41, 5.74) is 0. The van der Waals surface area contributed by atoms with Crippen LogP contribution in [0.4, 0.5) is 0 Å². The molecule has 0 N–H and O–H groups in total. The molecule has 0 aliphatic rings. The summed E-state index contributed by atoms with van der Waals surface area (Å²) in [4.78, 5) is 11.4. The van der Waals surface area contributed by atoms with Crippen LogP contribution in [0.1, 0.15) is 13.3 Å². The van der Waals surface area contributed by atoms with E-state index in [0.29, 0.717) is 0 Å². The molecule has 3 aromatic carbocycles. The molecule has 0 spiro atoms. The molecule has 0 aliphatic carbocycles. The van der Waals surface area contributed by atoms with Crippen molar-refractivity contribution in [2.75, 3.05) is 5.75 Å². The molecule has 0 unspecified atom stereocenters. The minimum absolute atomic E-state index is 0.209. The number of hydrogen-bond donors (Lipinski definition) is 0. The number of carbonyl (C=O) groups excluding carboxylic acids is 1. The van der Waals surface area contributed by atoms with Gasteiger partial charge in [-0.05, 0) is 0 Å². The summed E-state index contributed by atoms with van der Waals surface area (Å²) in [7, 11) is 0. The fourth-order valence-corrected chi connectivity index (χ4v) is 13.6. The molecular formula is C23H24AsOS+. The molecule has 0 saturated heterocycles. The van der Waals surface area contributed by atoms with Crippen LogP contribution < -0.4 is 13.1 Å². The van der Waals surface area contributed by atoms with E-state index in [0.717, 1.165) is 17.4 Å². The van der Waals surface area contributed by atoms with E-state index in [1.165, 1.54) is 24.8 Å². The molecule has 3 heteroatoms. The van der Waals surface area contributed by atoms with E-state index in [1.54, 1.807) is 6.92 Å². The van der Waals surface area contributed by atoms with Crippen molar-refractivity contribution in [1.29, 1.82) is 0 Å². The van der Waals surface area contributed by atoms with Crippen LogP contribution in [0.5, 0.6) is 0 Å². The Morgan fingerprint density at radius 3 is 1.46 bits per heavy atom. The predicted octanol–water partition coefficient (Wildman–Crippen LogP) is 3.83. The molecule has 0 fully saturated rings. The van der Waals surface area contributed by atoms with Crippen LogP contribution in [-0.4, -0.2) is 24.4 Å². The monoisotopic (exact) mass is 423 g/mol. The maximum atomic E-state index is 11.4. The topological polar surface area (TPSA) is 17.1 Å². The molecule has 0 amide bonds. The Kier molecular flexibility index (Phi) is 6.77. The number of rotatable bonds is 7. The van der Waals surface area contributed by atoms with Gasteiger partial charge in [0.15, 0.2) is 0 Å². The number of carbonyl (C=O) groups is 1. The van der Waals surface area contributed by atoms with Crippen molar-refractivity contribution in [2.24, 2.45) is 0 Å². The summed E-state index contributed by atoms with van der Waals surface area (Å²) in [5, 5.41) is 1.34. The van der Waals surface area contributed by atoms with Gasteiger partial charge in [0.2, 0.25) is 0 Å². The van der Waals surface area contributed by atoms with Gasteiger partial charge in [-0.15, -0.1) is 0 Å². The van der Waals surface area contributed by atoms with E-state index in [9.17, 15) is 4.79 Å². The molecule has 0 heterocycles. The van der Waals surface area contributed by atoms with Gasteiger partial charge in [0.1, 0.15) is 0 Å². The van der Waals surface area contributed by atoms with Crippen LogP contribution in [0.3, 0.4) is 0 Å². The summed E-state index contributed by atoms with van der Waals surface area (Å²) in [6.07, 6.45) is 1.05. The normalized spacial score (nSPS) is 11.3. The van der Waals surface area contributed by atoms with E-state index in [2.05, 4.69) is 91.0 Å². The van der Waals surface area contributed by atoms with E-state index < -0.39 is 13.6 Å². The van der Waals surface area contributed by atoms with Crippen LogP contribution in [-0.2, 0) is 4.79 Å². The van der Waals surface area contributed by atoms with Crippen LogP contribution in [0.2, 0.25) is 5.21 Å². The summed E-state index contributed by atoms with van der Waals surface area (Å²) in [6.45, 7) is 1.66. The fourth-order valence-electron chi connectivity index (χ4n) is 3.40. The van der Waals surface area contributed by atoms with Gasteiger partial charge in [-0.3, -0.25) is 0 Å². The van der Waals surface area contributed by atoms with Crippen LogP contribution in [0.15, 0.2) is 91.0 Å². The second-order valence-electron chi connectivity index (χ2n) is 6.23. The summed E-state index contributed by atoms with van der Waals surface area (Å²) < 4.78 is 4.41. The third-order valence-electron chi connectivity index (χ3n) is 4.53. The van der Waals surface area contributed by atoms with Gasteiger partial charge < -0.3 is 0 Å². The first-order valence-corrected chi connectivity index (χ1v) is 14.0. The van der Waals surface area contributed by atoms with Crippen molar-refractivity contribution in [3.8, 4) is 0 Å². The number of hydrogen-bond acceptors (Lipinski definition) is 2. The van der Waals surface area contributed by atoms with Crippen LogP contribution in [0.25, 0.3) is 0 Å². The third kappa shape index (κ3) is 4.31. The molecule has 3 rings (SSSR count). The van der Waals surface area contributed by atoms with Gasteiger partial charge in [0, 0.05) is 0 Å². The average Bonchev–Trinajstić information content (AvgIpc) is 2.70. The molecule has 0 atom stereocenters. The maximum absolute atomic E-state index is 11.4. The summed E-state index contributed by atoms with van der Waals surface area (Å²) in [6, 6.07) is 33.0. The fraction of sp³-hybridized carbons (Fsp3) is 0.174. The molecule has 26 heavy (non-hydrogen) atoms. The minimum atomic E-state index is -2.57. The molecule has 3 aromatic rings. The standard InChI is InChI=1S/C23H24AsOS/c1-20(25)26-19-11-18-24(21-12-5-2-6-13-21,22-14-7-3-8-15-22)23-16-9-4-10-17-23/h2-10,12-17H,11,18-19H2,1H3/q+1. The molecule has 0 radical (unpaired) electrons. The SMILES string of the molecule is CC(=O)SCCC[As+](c1ccccc1)(c1ccccc1)c1ccccc1. The second kappa shape index (κ2) is 9.26. The predicted molar refractivity (Wildman–Crippen MR) is 117 cm³/mol. The van der Waals surface area contributed by atoms with Gasteiger partial charge in [0.25, 0.3) is 0 Å². The zero-order chi connectivity index (χ0) is 18.2. The molecule has 0 saturated carbocycles. The van der Waals surface area contributed by atoms with Gasteiger partial charge in [-0.25, -0.2) is 0 Å². The van der Waals surface area contributed by atoms with Crippen molar-refractivity contribution in [3.63, 3.8) is 0 Å². The van der Waals surface area contributed by atoms with Crippen molar-refractivity contribution in [1.82, 2.24) is 0 Å². The summed E-state index contributed by atoms with van der Waals surface area (Å²) >= 11 is -1.13. The van der Waals surface area contributed by atoms with Crippen LogP contribution >= 0.6 is 11.8 Å². The van der Waals surface area contributed by atoms with Gasteiger partial charge >= 0.3 is 164 Å². The Labute approximate surface area is 163 Å². The Morgan fingerprint density at radius 1 is 0.731 bits per heavy atom. The van der Waals surface area contributed by atoms with Crippen molar-refractivity contribution in [2.45, 2.75) is 18.6 Å². The molecule has 0 aliphatic heterocycles. The van der Waals surface area contributed by atoms with Gasteiger partial charge in [-0.1, -0.05) is 0 Å².